The summed E-state index contributed by atoms with van der Waals surface area (Å²) in [5.74, 6) is 1.36. The van der Waals surface area contributed by atoms with Crippen molar-refractivity contribution < 1.29 is 14.3 Å². The Morgan fingerprint density at radius 1 is 1.03 bits per heavy atom. The van der Waals surface area contributed by atoms with Crippen molar-refractivity contribution in [2.45, 2.75) is 0 Å². The highest BCUT2D eigenvalue weighted by molar-refractivity contribution is 7.22. The van der Waals surface area contributed by atoms with E-state index in [4.69, 9.17) is 14.5 Å². The van der Waals surface area contributed by atoms with Gasteiger partial charge in [-0.3, -0.25) is 9.69 Å². The zero-order valence-electron chi connectivity index (χ0n) is 16.6. The lowest BCUT2D eigenvalue weighted by Crippen LogP contribution is -2.36. The maximum absolute atomic E-state index is 13.5. The van der Waals surface area contributed by atoms with Crippen LogP contribution in [0.3, 0.4) is 0 Å². The zero-order valence-corrected chi connectivity index (χ0v) is 18.3. The highest BCUT2D eigenvalue weighted by Gasteiger charge is 2.23. The Labute approximate surface area is 181 Å². The molecule has 4 aromatic rings. The number of hydrogen-bond donors (Lipinski definition) is 0. The molecular weight excluding hydrogens is 420 g/mol. The number of hydrogen-bond acceptors (Lipinski definition) is 8. The van der Waals surface area contributed by atoms with Gasteiger partial charge in [0.05, 0.1) is 25.9 Å². The maximum atomic E-state index is 13.5. The predicted molar refractivity (Wildman–Crippen MR) is 120 cm³/mol. The predicted octanol–water partition coefficient (Wildman–Crippen LogP) is 3.89. The van der Waals surface area contributed by atoms with Crippen molar-refractivity contribution >= 4 is 54.1 Å². The van der Waals surface area contributed by atoms with E-state index >= 15 is 0 Å². The summed E-state index contributed by atoms with van der Waals surface area (Å²) in [5.41, 5.74) is 4.14. The Kier molecular flexibility index (Phi) is 5.01. The van der Waals surface area contributed by atoms with Gasteiger partial charge >= 0.3 is 0 Å². The first-order valence-corrected chi connectivity index (χ1v) is 11.3. The van der Waals surface area contributed by atoms with E-state index in [0.717, 1.165) is 32.7 Å². The van der Waals surface area contributed by atoms with Crippen LogP contribution in [0.1, 0.15) is 10.4 Å². The molecule has 5 rings (SSSR count). The average molecular weight is 441 g/mol. The molecule has 154 valence electrons. The number of rotatable bonds is 5. The zero-order chi connectivity index (χ0) is 20.7. The van der Waals surface area contributed by atoms with Gasteiger partial charge in [-0.05, 0) is 32.3 Å². The lowest BCUT2D eigenvalue weighted by Gasteiger charge is -2.22. The molecule has 9 heteroatoms. The second kappa shape index (κ2) is 7.82. The molecule has 1 amide bonds. The molecule has 0 atom stereocenters. The molecule has 7 nitrogen and oxygen atoms in total. The van der Waals surface area contributed by atoms with E-state index in [2.05, 4.69) is 9.88 Å². The third-order valence-electron chi connectivity index (χ3n) is 4.87. The number of fused-ring (bicyclic) bond motifs is 3. The average Bonchev–Trinajstić information content (AvgIpc) is 3.37. The van der Waals surface area contributed by atoms with Gasteiger partial charge in [0.25, 0.3) is 5.91 Å². The minimum atomic E-state index is -0.0662. The Balaban J connectivity index is 1.53. The summed E-state index contributed by atoms with van der Waals surface area (Å²) >= 11 is 3.02. The van der Waals surface area contributed by atoms with Crippen LogP contribution in [0.15, 0.2) is 35.8 Å². The molecule has 2 aromatic heterocycles. The summed E-state index contributed by atoms with van der Waals surface area (Å²) in [4.78, 5) is 26.3. The van der Waals surface area contributed by atoms with Crippen molar-refractivity contribution in [2.24, 2.45) is 0 Å². The minimum absolute atomic E-state index is 0.0662. The standard InChI is InChI=1S/C21H20N4O3S2/c1-24(2)5-6-25(20(26)13-3-4-14-18(9-13)29-12-22-14)21-23-15-10-16-17(11-19(15)30-21)28-8-7-27-16/h3-4,9-12H,5-8H2,1-2H3. The van der Waals surface area contributed by atoms with Crippen LogP contribution >= 0.6 is 22.7 Å². The molecule has 1 aliphatic heterocycles. The normalized spacial score (nSPS) is 13.3. The molecule has 0 spiro atoms. The number of anilines is 1. The highest BCUT2D eigenvalue weighted by Crippen LogP contribution is 2.39. The van der Waals surface area contributed by atoms with Gasteiger partial charge in [-0.15, -0.1) is 11.3 Å². The van der Waals surface area contributed by atoms with Crippen LogP contribution in [0.5, 0.6) is 11.5 Å². The monoisotopic (exact) mass is 440 g/mol. The molecule has 0 fully saturated rings. The van der Waals surface area contributed by atoms with Crippen molar-refractivity contribution in [2.75, 3.05) is 45.3 Å². The summed E-state index contributed by atoms with van der Waals surface area (Å²) in [5, 5.41) is 0.670. The number of amides is 1. The maximum Gasteiger partial charge on any atom is 0.260 e. The van der Waals surface area contributed by atoms with Gasteiger partial charge in [0.2, 0.25) is 0 Å². The van der Waals surface area contributed by atoms with Crippen LogP contribution in [0, 0.1) is 0 Å². The van der Waals surface area contributed by atoms with Crippen molar-refractivity contribution in [3.8, 4) is 11.5 Å². The lowest BCUT2D eigenvalue weighted by molar-refractivity contribution is 0.0985. The van der Waals surface area contributed by atoms with E-state index < -0.39 is 0 Å². The number of carbonyl (C=O) groups excluding carboxylic acids is 1. The number of ether oxygens (including phenoxy) is 2. The summed E-state index contributed by atoms with van der Waals surface area (Å²) < 4.78 is 13.3. The number of benzene rings is 2. The Bertz CT molecular complexity index is 1190. The van der Waals surface area contributed by atoms with Crippen LogP contribution in [0.2, 0.25) is 0 Å². The fraction of sp³-hybridized carbons (Fsp3) is 0.286. The first-order valence-electron chi connectivity index (χ1n) is 9.58. The molecule has 2 aromatic carbocycles. The molecule has 0 aliphatic carbocycles. The van der Waals surface area contributed by atoms with E-state index in [0.29, 0.717) is 36.2 Å². The Morgan fingerprint density at radius 2 is 1.83 bits per heavy atom. The lowest BCUT2D eigenvalue weighted by atomic mass is 10.2. The van der Waals surface area contributed by atoms with Gasteiger partial charge in [0.15, 0.2) is 16.6 Å². The summed E-state index contributed by atoms with van der Waals surface area (Å²) in [7, 11) is 3.99. The van der Waals surface area contributed by atoms with Crippen molar-refractivity contribution in [1.29, 1.82) is 0 Å². The van der Waals surface area contributed by atoms with Gasteiger partial charge in [-0.25, -0.2) is 9.97 Å². The van der Waals surface area contributed by atoms with Crippen LogP contribution in [0.4, 0.5) is 5.13 Å². The number of nitrogens with zero attached hydrogens (tertiary/aromatic N) is 4. The van der Waals surface area contributed by atoms with Gasteiger partial charge in [-0.2, -0.15) is 0 Å². The summed E-state index contributed by atoms with van der Waals surface area (Å²) in [6, 6.07) is 9.47. The van der Waals surface area contributed by atoms with Gasteiger partial charge < -0.3 is 14.4 Å². The molecule has 3 heterocycles. The molecule has 0 unspecified atom stereocenters. The number of thiazole rings is 2. The molecule has 0 radical (unpaired) electrons. The second-order valence-corrected chi connectivity index (χ2v) is 9.15. The van der Waals surface area contributed by atoms with Crippen LogP contribution < -0.4 is 14.4 Å². The van der Waals surface area contributed by atoms with Crippen LogP contribution in [-0.2, 0) is 0 Å². The third-order valence-corrected chi connectivity index (χ3v) is 6.70. The second-order valence-electron chi connectivity index (χ2n) is 7.25. The van der Waals surface area contributed by atoms with Crippen molar-refractivity contribution in [1.82, 2.24) is 14.9 Å². The number of aromatic nitrogens is 2. The number of likely N-dealkylation sites (N-methyl/N-ethyl adjacent to an activating group) is 1. The molecule has 0 bridgehead atoms. The molecule has 30 heavy (non-hydrogen) atoms. The number of carbonyl (C=O) groups is 1. The summed E-state index contributed by atoms with van der Waals surface area (Å²) in [6.45, 7) is 2.34. The fourth-order valence-corrected chi connectivity index (χ4v) is 5.01. The SMILES string of the molecule is CN(C)CCN(C(=O)c1ccc2ncsc2c1)c1nc2cc3c(cc2s1)OCCO3. The van der Waals surface area contributed by atoms with E-state index in [-0.39, 0.29) is 5.91 Å². The van der Waals surface area contributed by atoms with E-state index in [1.165, 1.54) is 22.7 Å². The molecule has 0 saturated carbocycles. The molecule has 0 N–H and O–H groups in total. The van der Waals surface area contributed by atoms with Crippen LogP contribution in [-0.4, -0.2) is 61.2 Å². The topological polar surface area (TPSA) is 67.8 Å². The first kappa shape index (κ1) is 19.2. The van der Waals surface area contributed by atoms with E-state index in [9.17, 15) is 4.79 Å². The van der Waals surface area contributed by atoms with Gasteiger partial charge in [-0.1, -0.05) is 11.3 Å². The van der Waals surface area contributed by atoms with Gasteiger partial charge in [0.1, 0.15) is 13.2 Å². The molecule has 0 saturated heterocycles. The Morgan fingerprint density at radius 3 is 2.63 bits per heavy atom. The fourth-order valence-electron chi connectivity index (χ4n) is 3.30. The molecule has 1 aliphatic rings. The summed E-state index contributed by atoms with van der Waals surface area (Å²) in [6.07, 6.45) is 0. The highest BCUT2D eigenvalue weighted by atomic mass is 32.1. The smallest absolute Gasteiger partial charge is 0.260 e. The molecular formula is C21H20N4O3S2. The third kappa shape index (κ3) is 3.60. The van der Waals surface area contributed by atoms with E-state index in [1.807, 2.05) is 44.4 Å². The first-order chi connectivity index (χ1) is 14.6. The van der Waals surface area contributed by atoms with Crippen molar-refractivity contribution in [3.05, 3.63) is 41.4 Å². The van der Waals surface area contributed by atoms with E-state index in [1.54, 1.807) is 10.4 Å². The Hall–Kier alpha value is -2.75. The van der Waals surface area contributed by atoms with Crippen molar-refractivity contribution in [3.63, 3.8) is 0 Å². The largest absolute Gasteiger partial charge is 0.486 e. The van der Waals surface area contributed by atoms with Crippen LogP contribution in [0.25, 0.3) is 20.4 Å². The quantitative estimate of drug-likeness (QED) is 0.469. The van der Waals surface area contributed by atoms with Gasteiger partial charge in [0, 0.05) is 30.8 Å². The minimum Gasteiger partial charge on any atom is -0.486 e.